The topological polar surface area (TPSA) is 29.1 Å². The van der Waals surface area contributed by atoms with E-state index in [0.29, 0.717) is 24.1 Å². The Hall–Kier alpha value is -0.240. The Labute approximate surface area is 98.8 Å². The number of amides is 1. The maximum atomic E-state index is 11.4. The zero-order valence-electron chi connectivity index (χ0n) is 10.2. The summed E-state index contributed by atoms with van der Waals surface area (Å²) in [6.07, 6.45) is 3.84. The second-order valence-electron chi connectivity index (χ2n) is 4.47. The van der Waals surface area contributed by atoms with Gasteiger partial charge in [0.25, 0.3) is 0 Å². The van der Waals surface area contributed by atoms with Gasteiger partial charge in [0.2, 0.25) is 5.91 Å². The number of halogens is 1. The van der Waals surface area contributed by atoms with E-state index >= 15 is 0 Å². The highest BCUT2D eigenvalue weighted by Gasteiger charge is 2.06. The fourth-order valence-corrected chi connectivity index (χ4v) is 1.44. The van der Waals surface area contributed by atoms with E-state index in [1.54, 1.807) is 0 Å². The van der Waals surface area contributed by atoms with Gasteiger partial charge in [0, 0.05) is 18.8 Å². The molecule has 0 heterocycles. The number of hydrogen-bond donors (Lipinski definition) is 1. The van der Waals surface area contributed by atoms with E-state index in [1.807, 2.05) is 0 Å². The molecule has 0 aliphatic heterocycles. The molecular weight excluding hydrogens is 210 g/mol. The highest BCUT2D eigenvalue weighted by atomic mass is 35.5. The highest BCUT2D eigenvalue weighted by Crippen LogP contribution is 2.07. The summed E-state index contributed by atoms with van der Waals surface area (Å²) in [5.74, 6) is 1.94. The molecule has 0 fully saturated rings. The van der Waals surface area contributed by atoms with Crippen molar-refractivity contribution in [2.24, 2.45) is 11.8 Å². The van der Waals surface area contributed by atoms with Gasteiger partial charge < -0.3 is 5.32 Å². The van der Waals surface area contributed by atoms with Gasteiger partial charge in [-0.15, -0.1) is 11.6 Å². The second kappa shape index (κ2) is 9.02. The van der Waals surface area contributed by atoms with E-state index in [4.69, 9.17) is 11.6 Å². The summed E-state index contributed by atoms with van der Waals surface area (Å²) in [5, 5.41) is 2.95. The predicted molar refractivity (Wildman–Crippen MR) is 66.2 cm³/mol. The maximum absolute atomic E-state index is 11.4. The summed E-state index contributed by atoms with van der Waals surface area (Å²) in [5.41, 5.74) is 0. The first-order valence-electron chi connectivity index (χ1n) is 5.92. The Morgan fingerprint density at radius 2 is 2.00 bits per heavy atom. The lowest BCUT2D eigenvalue weighted by Gasteiger charge is -2.10. The Morgan fingerprint density at radius 3 is 2.53 bits per heavy atom. The van der Waals surface area contributed by atoms with Crippen LogP contribution in [0.15, 0.2) is 0 Å². The molecule has 0 saturated heterocycles. The number of carbonyl (C=O) groups is 1. The van der Waals surface area contributed by atoms with Gasteiger partial charge in [-0.25, -0.2) is 0 Å². The Kier molecular flexibility index (Phi) is 8.88. The molecule has 0 radical (unpaired) electrons. The summed E-state index contributed by atoms with van der Waals surface area (Å²) in [4.78, 5) is 11.4. The molecule has 1 amide bonds. The van der Waals surface area contributed by atoms with E-state index in [9.17, 15) is 4.79 Å². The number of carbonyl (C=O) groups excluding carboxylic acids is 1. The third-order valence-corrected chi connectivity index (χ3v) is 3.22. The van der Waals surface area contributed by atoms with Crippen LogP contribution in [0.3, 0.4) is 0 Å². The minimum absolute atomic E-state index is 0.183. The minimum Gasteiger partial charge on any atom is -0.356 e. The van der Waals surface area contributed by atoms with Crippen LogP contribution in [0.4, 0.5) is 0 Å². The molecule has 0 bridgehead atoms. The molecule has 2 nitrogen and oxygen atoms in total. The molecule has 0 aromatic rings. The third kappa shape index (κ3) is 8.73. The van der Waals surface area contributed by atoms with E-state index < -0.39 is 0 Å². The molecule has 15 heavy (non-hydrogen) atoms. The zero-order chi connectivity index (χ0) is 11.7. The van der Waals surface area contributed by atoms with Crippen LogP contribution in [0.1, 0.15) is 46.5 Å². The first-order chi connectivity index (χ1) is 7.10. The van der Waals surface area contributed by atoms with E-state index in [1.165, 1.54) is 0 Å². The summed E-state index contributed by atoms with van der Waals surface area (Å²) in [6, 6.07) is 0. The Balaban J connectivity index is 3.39. The van der Waals surface area contributed by atoms with Crippen molar-refractivity contribution in [2.45, 2.75) is 46.5 Å². The molecule has 0 spiro atoms. The standard InChI is InChI=1S/C12H24ClNO/c1-4-10(2)8-12(15)14-7-5-6-11(3)9-13/h10-11H,4-9H2,1-3H3,(H,14,15). The normalized spacial score (nSPS) is 14.7. The molecule has 0 aliphatic rings. The Bertz CT molecular complexity index is 173. The quantitative estimate of drug-likeness (QED) is 0.506. The molecule has 0 aromatic heterocycles. The van der Waals surface area contributed by atoms with Crippen LogP contribution in [0, 0.1) is 11.8 Å². The third-order valence-electron chi connectivity index (χ3n) is 2.69. The molecule has 3 heteroatoms. The van der Waals surface area contributed by atoms with Crippen molar-refractivity contribution in [3.05, 3.63) is 0 Å². The molecule has 0 saturated carbocycles. The van der Waals surface area contributed by atoms with Crippen molar-refractivity contribution in [1.82, 2.24) is 5.32 Å². The summed E-state index contributed by atoms with van der Waals surface area (Å²) in [7, 11) is 0. The van der Waals surface area contributed by atoms with Crippen LogP contribution in [0.5, 0.6) is 0 Å². The predicted octanol–water partition coefficient (Wildman–Crippen LogP) is 3.19. The van der Waals surface area contributed by atoms with Crippen LogP contribution in [-0.2, 0) is 4.79 Å². The number of alkyl halides is 1. The second-order valence-corrected chi connectivity index (χ2v) is 4.78. The number of rotatable bonds is 8. The molecule has 1 N–H and O–H groups in total. The summed E-state index contributed by atoms with van der Waals surface area (Å²) >= 11 is 5.69. The van der Waals surface area contributed by atoms with Crippen LogP contribution in [0.2, 0.25) is 0 Å². The lowest BCUT2D eigenvalue weighted by Crippen LogP contribution is -2.26. The molecule has 0 aromatic carbocycles. The van der Waals surface area contributed by atoms with Crippen molar-refractivity contribution < 1.29 is 4.79 Å². The van der Waals surface area contributed by atoms with Gasteiger partial charge in [0.15, 0.2) is 0 Å². The maximum Gasteiger partial charge on any atom is 0.220 e. The van der Waals surface area contributed by atoms with Gasteiger partial charge in [-0.05, 0) is 24.7 Å². The van der Waals surface area contributed by atoms with Crippen molar-refractivity contribution >= 4 is 17.5 Å². The smallest absolute Gasteiger partial charge is 0.220 e. The highest BCUT2D eigenvalue weighted by molar-refractivity contribution is 6.18. The lowest BCUT2D eigenvalue weighted by molar-refractivity contribution is -0.121. The summed E-state index contributed by atoms with van der Waals surface area (Å²) in [6.45, 7) is 7.14. The zero-order valence-corrected chi connectivity index (χ0v) is 10.9. The number of hydrogen-bond acceptors (Lipinski definition) is 1. The fourth-order valence-electron chi connectivity index (χ4n) is 1.29. The minimum atomic E-state index is 0.183. The van der Waals surface area contributed by atoms with Crippen molar-refractivity contribution in [2.75, 3.05) is 12.4 Å². The van der Waals surface area contributed by atoms with Crippen LogP contribution in [-0.4, -0.2) is 18.3 Å². The molecule has 0 aliphatic carbocycles. The van der Waals surface area contributed by atoms with Gasteiger partial charge in [0.05, 0.1) is 0 Å². The monoisotopic (exact) mass is 233 g/mol. The molecule has 2 atom stereocenters. The lowest BCUT2D eigenvalue weighted by atomic mass is 10.0. The van der Waals surface area contributed by atoms with Crippen LogP contribution >= 0.6 is 11.6 Å². The fraction of sp³-hybridized carbons (Fsp3) is 0.917. The van der Waals surface area contributed by atoms with E-state index in [-0.39, 0.29) is 5.91 Å². The van der Waals surface area contributed by atoms with Crippen molar-refractivity contribution in [3.8, 4) is 0 Å². The number of nitrogens with one attached hydrogen (secondary N) is 1. The van der Waals surface area contributed by atoms with Gasteiger partial charge in [-0.2, -0.15) is 0 Å². The van der Waals surface area contributed by atoms with Gasteiger partial charge in [-0.1, -0.05) is 27.2 Å². The molecule has 90 valence electrons. The first kappa shape index (κ1) is 14.8. The average molecular weight is 234 g/mol. The van der Waals surface area contributed by atoms with E-state index in [0.717, 1.165) is 25.8 Å². The van der Waals surface area contributed by atoms with E-state index in [2.05, 4.69) is 26.1 Å². The van der Waals surface area contributed by atoms with Gasteiger partial charge >= 0.3 is 0 Å². The van der Waals surface area contributed by atoms with Gasteiger partial charge in [-0.3, -0.25) is 4.79 Å². The van der Waals surface area contributed by atoms with Crippen molar-refractivity contribution in [3.63, 3.8) is 0 Å². The molecular formula is C12H24ClNO. The Morgan fingerprint density at radius 1 is 1.33 bits per heavy atom. The van der Waals surface area contributed by atoms with Gasteiger partial charge in [0.1, 0.15) is 0 Å². The van der Waals surface area contributed by atoms with Crippen LogP contribution < -0.4 is 5.32 Å². The molecule has 0 rings (SSSR count). The molecule has 2 unspecified atom stereocenters. The van der Waals surface area contributed by atoms with Crippen molar-refractivity contribution in [1.29, 1.82) is 0 Å². The largest absolute Gasteiger partial charge is 0.356 e. The van der Waals surface area contributed by atoms with Crippen LogP contribution in [0.25, 0.3) is 0 Å². The summed E-state index contributed by atoms with van der Waals surface area (Å²) < 4.78 is 0. The average Bonchev–Trinajstić information content (AvgIpc) is 2.23. The first-order valence-corrected chi connectivity index (χ1v) is 6.46. The SMILES string of the molecule is CCC(C)CC(=O)NCCCC(C)CCl.